The smallest absolute Gasteiger partial charge is 0.224 e. The Balaban J connectivity index is 1.33. The highest BCUT2D eigenvalue weighted by Gasteiger charge is 2.14. The van der Waals surface area contributed by atoms with E-state index in [0.29, 0.717) is 35.1 Å². The van der Waals surface area contributed by atoms with Crippen molar-refractivity contribution in [3.8, 4) is 11.4 Å². The lowest BCUT2D eigenvalue weighted by Gasteiger charge is -2.07. The zero-order valence-corrected chi connectivity index (χ0v) is 20.0. The molecule has 34 heavy (non-hydrogen) atoms. The number of nitrogens with zero attached hydrogens (tertiary/aromatic N) is 3. The Morgan fingerprint density at radius 3 is 2.32 bits per heavy atom. The molecule has 0 saturated carbocycles. The van der Waals surface area contributed by atoms with Crippen LogP contribution in [0.15, 0.2) is 84.0 Å². The van der Waals surface area contributed by atoms with Gasteiger partial charge >= 0.3 is 0 Å². The van der Waals surface area contributed by atoms with Gasteiger partial charge in [-0.05, 0) is 43.2 Å². The summed E-state index contributed by atoms with van der Waals surface area (Å²) in [5.41, 5.74) is 4.59. The topological polar surface area (TPSA) is 76.9 Å². The first-order valence-electron chi connectivity index (χ1n) is 11.1. The maximum atomic E-state index is 12.5. The van der Waals surface area contributed by atoms with Crippen LogP contribution < -0.4 is 5.32 Å². The minimum absolute atomic E-state index is 0.0211. The molecule has 1 aromatic heterocycles. The molecule has 4 aromatic rings. The summed E-state index contributed by atoms with van der Waals surface area (Å²) in [6.07, 6.45) is 1.13. The molecule has 1 N–H and O–H groups in total. The molecule has 4 rings (SSSR count). The van der Waals surface area contributed by atoms with Gasteiger partial charge in [-0.2, -0.15) is 0 Å². The Morgan fingerprint density at radius 2 is 1.62 bits per heavy atom. The summed E-state index contributed by atoms with van der Waals surface area (Å²) < 4.78 is 1.88. The molecule has 172 valence electrons. The monoisotopic (exact) mass is 470 g/mol. The van der Waals surface area contributed by atoms with Crippen LogP contribution in [0.4, 0.5) is 5.69 Å². The minimum atomic E-state index is -0.0211. The molecule has 1 heterocycles. The van der Waals surface area contributed by atoms with Crippen molar-refractivity contribution >= 4 is 29.1 Å². The largest absolute Gasteiger partial charge is 0.326 e. The zero-order valence-electron chi connectivity index (χ0n) is 19.2. The lowest BCUT2D eigenvalue weighted by atomic mass is 10.1. The van der Waals surface area contributed by atoms with Gasteiger partial charge in [-0.15, -0.1) is 10.2 Å². The summed E-state index contributed by atoms with van der Waals surface area (Å²) in [5, 5.41) is 12.2. The number of Topliss-reactive ketones (excluding diaryl/α,β-unsaturated/α-hetero) is 1. The van der Waals surface area contributed by atoms with Gasteiger partial charge in [0, 0.05) is 30.3 Å². The second kappa shape index (κ2) is 10.9. The fourth-order valence-electron chi connectivity index (χ4n) is 3.47. The maximum Gasteiger partial charge on any atom is 0.224 e. The van der Waals surface area contributed by atoms with Crippen molar-refractivity contribution in [3.63, 3.8) is 0 Å². The quantitative estimate of drug-likeness (QED) is 0.264. The summed E-state index contributed by atoms with van der Waals surface area (Å²) >= 11 is 1.37. The molecule has 0 unspecified atom stereocenters. The molecule has 1 amide bonds. The molecule has 6 nitrogen and oxygen atoms in total. The van der Waals surface area contributed by atoms with Gasteiger partial charge in [-0.1, -0.05) is 71.9 Å². The van der Waals surface area contributed by atoms with Crippen molar-refractivity contribution in [2.24, 2.45) is 7.05 Å². The van der Waals surface area contributed by atoms with Crippen LogP contribution in [0.3, 0.4) is 0 Å². The number of thioether (sulfide) groups is 1. The molecular weight excluding hydrogens is 444 g/mol. The third kappa shape index (κ3) is 5.99. The number of aryl methyl sites for hydroxylation is 2. The number of anilines is 1. The first kappa shape index (κ1) is 23.4. The number of carbonyl (C=O) groups is 2. The normalized spacial score (nSPS) is 10.8. The average molecular weight is 471 g/mol. The molecule has 0 bridgehead atoms. The molecule has 0 aliphatic heterocycles. The first-order chi connectivity index (χ1) is 16.5. The van der Waals surface area contributed by atoms with Gasteiger partial charge in [0.25, 0.3) is 0 Å². The predicted octanol–water partition coefficient (Wildman–Crippen LogP) is 5.34. The van der Waals surface area contributed by atoms with Crippen LogP contribution >= 0.6 is 11.8 Å². The number of carbonyl (C=O) groups excluding carboxylic acids is 2. The van der Waals surface area contributed by atoms with Crippen molar-refractivity contribution in [2.45, 2.75) is 24.9 Å². The number of hydrogen-bond donors (Lipinski definition) is 1. The Kier molecular flexibility index (Phi) is 7.54. The van der Waals surface area contributed by atoms with Crippen molar-refractivity contribution in [3.05, 3.63) is 95.6 Å². The molecule has 0 fully saturated rings. The first-order valence-corrected chi connectivity index (χ1v) is 12.0. The van der Waals surface area contributed by atoms with Crippen molar-refractivity contribution in [1.82, 2.24) is 14.8 Å². The van der Waals surface area contributed by atoms with Crippen LogP contribution in [0.5, 0.6) is 0 Å². The lowest BCUT2D eigenvalue weighted by molar-refractivity contribution is -0.116. The zero-order chi connectivity index (χ0) is 23.9. The number of ketones is 1. The molecule has 0 radical (unpaired) electrons. The third-order valence-electron chi connectivity index (χ3n) is 5.45. The van der Waals surface area contributed by atoms with E-state index in [2.05, 4.69) is 15.5 Å². The van der Waals surface area contributed by atoms with E-state index >= 15 is 0 Å². The second-order valence-corrected chi connectivity index (χ2v) is 9.00. The van der Waals surface area contributed by atoms with Gasteiger partial charge in [0.1, 0.15) is 0 Å². The van der Waals surface area contributed by atoms with E-state index in [9.17, 15) is 9.59 Å². The van der Waals surface area contributed by atoms with E-state index in [-0.39, 0.29) is 11.7 Å². The van der Waals surface area contributed by atoms with Gasteiger partial charge < -0.3 is 9.88 Å². The highest BCUT2D eigenvalue weighted by molar-refractivity contribution is 7.99. The van der Waals surface area contributed by atoms with E-state index in [0.717, 1.165) is 22.4 Å². The van der Waals surface area contributed by atoms with E-state index in [1.165, 1.54) is 11.8 Å². The average Bonchev–Trinajstić information content (AvgIpc) is 3.23. The SMILES string of the molecule is Cc1ccc(C(=O)CSc2nnc(-c3ccc(NC(=O)CCc4ccccc4)cc3)n2C)cc1. The van der Waals surface area contributed by atoms with Crippen LogP contribution in [-0.2, 0) is 18.3 Å². The van der Waals surface area contributed by atoms with Gasteiger partial charge in [0.2, 0.25) is 5.91 Å². The van der Waals surface area contributed by atoms with Crippen LogP contribution in [0, 0.1) is 6.92 Å². The molecule has 3 aromatic carbocycles. The lowest BCUT2D eigenvalue weighted by Crippen LogP contribution is -2.12. The van der Waals surface area contributed by atoms with Crippen LogP contribution in [0.25, 0.3) is 11.4 Å². The Hall–Kier alpha value is -3.71. The number of rotatable bonds is 9. The Labute approximate surface area is 203 Å². The van der Waals surface area contributed by atoms with Gasteiger partial charge in [0.05, 0.1) is 5.75 Å². The van der Waals surface area contributed by atoms with Crippen LogP contribution in [0.2, 0.25) is 0 Å². The molecule has 0 aliphatic rings. The van der Waals surface area contributed by atoms with Crippen LogP contribution in [0.1, 0.15) is 27.9 Å². The third-order valence-corrected chi connectivity index (χ3v) is 6.47. The summed E-state index contributed by atoms with van der Waals surface area (Å²) in [7, 11) is 1.88. The standard InChI is InChI=1S/C27H26N4O2S/c1-19-8-11-21(12-9-19)24(32)18-34-27-30-29-26(31(27)2)22-13-15-23(16-14-22)28-25(33)17-10-20-6-4-3-5-7-20/h3-9,11-16H,10,17-18H2,1-2H3,(H,28,33). The molecule has 7 heteroatoms. The van der Waals surface area contributed by atoms with Crippen molar-refractivity contribution < 1.29 is 9.59 Å². The van der Waals surface area contributed by atoms with E-state index in [4.69, 9.17) is 0 Å². The number of benzene rings is 3. The summed E-state index contributed by atoms with van der Waals surface area (Å²) in [5.74, 6) is 1.03. The van der Waals surface area contributed by atoms with Gasteiger partial charge in [-0.3, -0.25) is 9.59 Å². The highest BCUT2D eigenvalue weighted by Crippen LogP contribution is 2.24. The predicted molar refractivity (Wildman–Crippen MR) is 136 cm³/mol. The van der Waals surface area contributed by atoms with E-state index in [1.807, 2.05) is 97.4 Å². The summed E-state index contributed by atoms with van der Waals surface area (Å²) in [6, 6.07) is 25.1. The summed E-state index contributed by atoms with van der Waals surface area (Å²) in [4.78, 5) is 24.7. The molecule has 0 atom stereocenters. The molecular formula is C27H26N4O2S. The van der Waals surface area contributed by atoms with Crippen molar-refractivity contribution in [1.29, 1.82) is 0 Å². The minimum Gasteiger partial charge on any atom is -0.326 e. The number of hydrogen-bond acceptors (Lipinski definition) is 5. The number of amides is 1. The van der Waals surface area contributed by atoms with Crippen LogP contribution in [-0.4, -0.2) is 32.2 Å². The molecule has 0 aliphatic carbocycles. The van der Waals surface area contributed by atoms with Crippen molar-refractivity contribution in [2.75, 3.05) is 11.1 Å². The van der Waals surface area contributed by atoms with E-state index < -0.39 is 0 Å². The molecule has 0 saturated heterocycles. The highest BCUT2D eigenvalue weighted by atomic mass is 32.2. The van der Waals surface area contributed by atoms with E-state index in [1.54, 1.807) is 0 Å². The molecule has 0 spiro atoms. The van der Waals surface area contributed by atoms with Gasteiger partial charge in [0.15, 0.2) is 16.8 Å². The number of nitrogens with one attached hydrogen (secondary N) is 1. The fourth-order valence-corrected chi connectivity index (χ4v) is 4.28. The summed E-state index contributed by atoms with van der Waals surface area (Å²) in [6.45, 7) is 2.00. The fraction of sp³-hybridized carbons (Fsp3) is 0.185. The Morgan fingerprint density at radius 1 is 0.912 bits per heavy atom. The second-order valence-electron chi connectivity index (χ2n) is 8.05. The Bertz CT molecular complexity index is 1270. The maximum absolute atomic E-state index is 12.5. The van der Waals surface area contributed by atoms with Gasteiger partial charge in [-0.25, -0.2) is 0 Å². The number of aromatic nitrogens is 3.